The predicted molar refractivity (Wildman–Crippen MR) is 122 cm³/mol. The van der Waals surface area contributed by atoms with Gasteiger partial charge in [-0.1, -0.05) is 42.5 Å². The molecule has 0 unspecified atom stereocenters. The zero-order chi connectivity index (χ0) is 22.4. The molecule has 6 heteroatoms. The number of fused-ring (bicyclic) bond motifs is 1. The number of aliphatic carboxylic acids is 1. The van der Waals surface area contributed by atoms with Gasteiger partial charge in [-0.2, -0.15) is 0 Å². The molecular weight excluding hydrogens is 392 g/mol. The van der Waals surface area contributed by atoms with Crippen molar-refractivity contribution >= 4 is 29.0 Å². The van der Waals surface area contributed by atoms with E-state index in [2.05, 4.69) is 11.1 Å². The van der Waals surface area contributed by atoms with Crippen molar-refractivity contribution in [3.05, 3.63) is 77.5 Å². The standard InChI is InChI=1S/C25H28N2O4/c1-25(2,3)31-24(30)27(15-14-20-16-26-22-7-5-4-6-21(20)22)17-19-10-8-18(9-11-19)12-13-23(28)29/h4-13,16,26H,14-15,17H2,1-3H3,(H,28,29)/b13-12+. The molecule has 0 atom stereocenters. The maximum Gasteiger partial charge on any atom is 0.410 e. The molecule has 0 fully saturated rings. The van der Waals surface area contributed by atoms with Crippen LogP contribution in [0.3, 0.4) is 0 Å². The van der Waals surface area contributed by atoms with Crippen LogP contribution in [0.15, 0.2) is 60.8 Å². The van der Waals surface area contributed by atoms with E-state index in [1.54, 1.807) is 4.90 Å². The molecule has 3 rings (SSSR count). The van der Waals surface area contributed by atoms with E-state index in [0.29, 0.717) is 19.5 Å². The highest BCUT2D eigenvalue weighted by Gasteiger charge is 2.22. The molecule has 0 spiro atoms. The maximum atomic E-state index is 12.9. The van der Waals surface area contributed by atoms with Crippen molar-refractivity contribution in [1.82, 2.24) is 9.88 Å². The number of carboxylic acids is 1. The monoisotopic (exact) mass is 420 g/mol. The first-order valence-corrected chi connectivity index (χ1v) is 10.2. The quantitative estimate of drug-likeness (QED) is 0.512. The van der Waals surface area contributed by atoms with Crippen molar-refractivity contribution in [2.75, 3.05) is 6.54 Å². The van der Waals surface area contributed by atoms with Crippen LogP contribution in [-0.2, 0) is 22.5 Å². The third-order valence-corrected chi connectivity index (χ3v) is 4.75. The Morgan fingerprint density at radius 1 is 1.10 bits per heavy atom. The number of ether oxygens (including phenoxy) is 1. The fourth-order valence-electron chi connectivity index (χ4n) is 3.28. The number of para-hydroxylation sites is 1. The summed E-state index contributed by atoms with van der Waals surface area (Å²) in [7, 11) is 0. The molecule has 0 aliphatic carbocycles. The van der Waals surface area contributed by atoms with Crippen LogP contribution in [-0.4, -0.2) is 39.2 Å². The number of hydrogen-bond acceptors (Lipinski definition) is 3. The lowest BCUT2D eigenvalue weighted by Crippen LogP contribution is -2.37. The fraction of sp³-hybridized carbons (Fsp3) is 0.280. The van der Waals surface area contributed by atoms with Crippen molar-refractivity contribution in [3.8, 4) is 0 Å². The number of carboxylic acid groups (broad SMARTS) is 1. The highest BCUT2D eigenvalue weighted by molar-refractivity contribution is 5.85. The van der Waals surface area contributed by atoms with Crippen LogP contribution in [0, 0.1) is 0 Å². The Kier molecular flexibility index (Phi) is 6.80. The lowest BCUT2D eigenvalue weighted by atomic mass is 10.1. The Hall–Kier alpha value is -3.54. The zero-order valence-corrected chi connectivity index (χ0v) is 18.1. The minimum Gasteiger partial charge on any atom is -0.478 e. The Morgan fingerprint density at radius 3 is 2.48 bits per heavy atom. The molecule has 0 aliphatic rings. The van der Waals surface area contributed by atoms with Crippen molar-refractivity contribution in [2.24, 2.45) is 0 Å². The minimum absolute atomic E-state index is 0.359. The van der Waals surface area contributed by atoms with Crippen LogP contribution in [0.25, 0.3) is 17.0 Å². The van der Waals surface area contributed by atoms with Gasteiger partial charge in [0.1, 0.15) is 5.60 Å². The number of amides is 1. The third-order valence-electron chi connectivity index (χ3n) is 4.75. The second kappa shape index (κ2) is 9.51. The smallest absolute Gasteiger partial charge is 0.410 e. The van der Waals surface area contributed by atoms with Crippen LogP contribution < -0.4 is 0 Å². The molecule has 6 nitrogen and oxygen atoms in total. The molecule has 2 aromatic carbocycles. The molecule has 1 aromatic heterocycles. The van der Waals surface area contributed by atoms with Crippen LogP contribution in [0.2, 0.25) is 0 Å². The Balaban J connectivity index is 1.74. The van der Waals surface area contributed by atoms with Gasteiger partial charge in [0.05, 0.1) is 0 Å². The topological polar surface area (TPSA) is 82.6 Å². The number of H-pyrrole nitrogens is 1. The molecule has 1 amide bonds. The molecule has 3 aromatic rings. The summed E-state index contributed by atoms with van der Waals surface area (Å²) in [5, 5.41) is 9.91. The van der Waals surface area contributed by atoms with E-state index in [1.165, 1.54) is 6.08 Å². The molecule has 162 valence electrons. The molecule has 0 bridgehead atoms. The first-order chi connectivity index (χ1) is 14.7. The average Bonchev–Trinajstić information content (AvgIpc) is 3.12. The van der Waals surface area contributed by atoms with Gasteiger partial charge in [-0.3, -0.25) is 0 Å². The first-order valence-electron chi connectivity index (χ1n) is 10.2. The molecular formula is C25H28N2O4. The van der Waals surface area contributed by atoms with Crippen LogP contribution in [0.5, 0.6) is 0 Å². The number of aromatic amines is 1. The summed E-state index contributed by atoms with van der Waals surface area (Å²) in [5.74, 6) is -0.988. The van der Waals surface area contributed by atoms with E-state index < -0.39 is 11.6 Å². The minimum atomic E-state index is -0.988. The predicted octanol–water partition coefficient (Wildman–Crippen LogP) is 5.25. The van der Waals surface area contributed by atoms with E-state index in [9.17, 15) is 9.59 Å². The van der Waals surface area contributed by atoms with Crippen molar-refractivity contribution < 1.29 is 19.4 Å². The summed E-state index contributed by atoms with van der Waals surface area (Å²) >= 11 is 0. The number of carbonyl (C=O) groups is 2. The van der Waals surface area contributed by atoms with Gasteiger partial charge in [0.15, 0.2) is 0 Å². The first kappa shape index (κ1) is 22.2. The molecule has 0 saturated heterocycles. The number of benzene rings is 2. The summed E-state index contributed by atoms with van der Waals surface area (Å²) in [6, 6.07) is 15.6. The number of hydrogen-bond donors (Lipinski definition) is 2. The number of nitrogens with zero attached hydrogens (tertiary/aromatic N) is 1. The average molecular weight is 421 g/mol. The molecule has 1 heterocycles. The Labute approximate surface area is 182 Å². The van der Waals surface area contributed by atoms with E-state index in [1.807, 2.05) is 69.4 Å². The van der Waals surface area contributed by atoms with Gasteiger partial charge in [0, 0.05) is 36.3 Å². The van der Waals surface area contributed by atoms with Gasteiger partial charge in [0.2, 0.25) is 0 Å². The maximum absolute atomic E-state index is 12.9. The lowest BCUT2D eigenvalue weighted by molar-refractivity contribution is -0.131. The van der Waals surface area contributed by atoms with Crippen LogP contribution >= 0.6 is 0 Å². The highest BCUT2D eigenvalue weighted by Crippen LogP contribution is 2.20. The van der Waals surface area contributed by atoms with Crippen LogP contribution in [0.1, 0.15) is 37.5 Å². The normalized spacial score (nSPS) is 11.7. The molecule has 2 N–H and O–H groups in total. The van der Waals surface area contributed by atoms with E-state index in [0.717, 1.165) is 33.7 Å². The molecule has 0 saturated carbocycles. The second-order valence-electron chi connectivity index (χ2n) is 8.42. The van der Waals surface area contributed by atoms with Gasteiger partial charge in [-0.15, -0.1) is 0 Å². The van der Waals surface area contributed by atoms with Crippen molar-refractivity contribution in [2.45, 2.75) is 39.3 Å². The number of aromatic nitrogens is 1. The SMILES string of the molecule is CC(C)(C)OC(=O)N(CCc1c[nH]c2ccccc12)Cc1ccc(/C=C/C(=O)O)cc1. The second-order valence-corrected chi connectivity index (χ2v) is 8.42. The number of nitrogens with one attached hydrogen (secondary N) is 1. The number of rotatable bonds is 7. The molecule has 0 radical (unpaired) electrons. The van der Waals surface area contributed by atoms with Crippen molar-refractivity contribution in [1.29, 1.82) is 0 Å². The van der Waals surface area contributed by atoms with E-state index in [-0.39, 0.29) is 6.09 Å². The van der Waals surface area contributed by atoms with Gasteiger partial charge < -0.3 is 19.7 Å². The van der Waals surface area contributed by atoms with E-state index >= 15 is 0 Å². The zero-order valence-electron chi connectivity index (χ0n) is 18.1. The highest BCUT2D eigenvalue weighted by atomic mass is 16.6. The summed E-state index contributed by atoms with van der Waals surface area (Å²) in [5.41, 5.74) is 3.37. The van der Waals surface area contributed by atoms with Crippen molar-refractivity contribution in [3.63, 3.8) is 0 Å². The van der Waals surface area contributed by atoms with Crippen LogP contribution in [0.4, 0.5) is 4.79 Å². The van der Waals surface area contributed by atoms with E-state index in [4.69, 9.17) is 9.84 Å². The largest absolute Gasteiger partial charge is 0.478 e. The summed E-state index contributed by atoms with van der Waals surface area (Å²) in [6.07, 6.45) is 4.96. The fourth-order valence-corrected chi connectivity index (χ4v) is 3.28. The van der Waals surface area contributed by atoms with Gasteiger partial charge in [-0.25, -0.2) is 9.59 Å². The summed E-state index contributed by atoms with van der Waals surface area (Å²) in [6.45, 7) is 6.47. The Bertz CT molecular complexity index is 1070. The Morgan fingerprint density at radius 2 is 1.81 bits per heavy atom. The molecule has 31 heavy (non-hydrogen) atoms. The van der Waals surface area contributed by atoms with Gasteiger partial charge in [0.25, 0.3) is 0 Å². The number of carbonyl (C=O) groups excluding carboxylic acids is 1. The lowest BCUT2D eigenvalue weighted by Gasteiger charge is -2.27. The van der Waals surface area contributed by atoms with Gasteiger partial charge >= 0.3 is 12.1 Å². The summed E-state index contributed by atoms with van der Waals surface area (Å²) in [4.78, 5) is 28.5. The van der Waals surface area contributed by atoms with Gasteiger partial charge in [-0.05, 0) is 56.0 Å². The molecule has 0 aliphatic heterocycles. The summed E-state index contributed by atoms with van der Waals surface area (Å²) < 4.78 is 5.62. The third kappa shape index (κ3) is 6.47.